The predicted octanol–water partition coefficient (Wildman–Crippen LogP) is 2.64. The number of aromatic hydroxyl groups is 1. The quantitative estimate of drug-likeness (QED) is 0.865. The number of hydrogen-bond acceptors (Lipinski definition) is 4. The fourth-order valence-corrected chi connectivity index (χ4v) is 5.08. The molecule has 22 heavy (non-hydrogen) atoms. The Morgan fingerprint density at radius 1 is 1.36 bits per heavy atom. The first kappa shape index (κ1) is 12.6. The van der Waals surface area contributed by atoms with E-state index < -0.39 is 0 Å². The van der Waals surface area contributed by atoms with Crippen LogP contribution in [-0.2, 0) is 10.2 Å². The van der Waals surface area contributed by atoms with Gasteiger partial charge in [-0.05, 0) is 43.7 Å². The number of phenolic OH excluding ortho intramolecular Hbond substituents is 1. The Bertz CT molecular complexity index is 766. The van der Waals surface area contributed by atoms with Gasteiger partial charge in [-0.1, -0.05) is 12.1 Å². The van der Waals surface area contributed by atoms with E-state index in [1.165, 1.54) is 16.7 Å². The van der Waals surface area contributed by atoms with Gasteiger partial charge in [0.2, 0.25) is 0 Å². The highest BCUT2D eigenvalue weighted by Crippen LogP contribution is 2.67. The van der Waals surface area contributed by atoms with Crippen LogP contribution in [0.25, 0.3) is 0 Å². The number of fused-ring (bicyclic) bond motifs is 2. The summed E-state index contributed by atoms with van der Waals surface area (Å²) in [7, 11) is 3.88. The van der Waals surface area contributed by atoms with Crippen LogP contribution < -0.4 is 4.74 Å². The zero-order valence-corrected chi connectivity index (χ0v) is 13.0. The number of hydrogen-bond donors (Lipinski definition) is 1. The van der Waals surface area contributed by atoms with E-state index in [9.17, 15) is 5.11 Å². The molecule has 4 unspecified atom stereocenters. The van der Waals surface area contributed by atoms with Crippen molar-refractivity contribution < 1.29 is 14.6 Å². The minimum atomic E-state index is -0.167. The fraction of sp³-hybridized carbons (Fsp3) is 0.444. The Morgan fingerprint density at radius 3 is 2.95 bits per heavy atom. The van der Waals surface area contributed by atoms with Gasteiger partial charge in [0.25, 0.3) is 0 Å². The van der Waals surface area contributed by atoms with Gasteiger partial charge in [0.15, 0.2) is 17.6 Å². The summed E-state index contributed by atoms with van der Waals surface area (Å²) < 4.78 is 11.8. The van der Waals surface area contributed by atoms with E-state index in [0.717, 1.165) is 12.2 Å². The molecule has 2 aliphatic heterocycles. The second-order valence-electron chi connectivity index (χ2n) is 6.80. The van der Waals surface area contributed by atoms with Gasteiger partial charge < -0.3 is 14.6 Å². The number of allylic oxidation sites excluding steroid dienone is 2. The fourth-order valence-electron chi connectivity index (χ4n) is 5.08. The molecule has 1 aromatic rings. The third-order valence-electron chi connectivity index (χ3n) is 6.16. The molecule has 2 heterocycles. The van der Waals surface area contributed by atoms with E-state index in [1.807, 2.05) is 6.08 Å². The lowest BCUT2D eigenvalue weighted by Crippen LogP contribution is -2.52. The second kappa shape index (κ2) is 3.69. The maximum absolute atomic E-state index is 10.3. The first-order chi connectivity index (χ1) is 10.6. The van der Waals surface area contributed by atoms with Gasteiger partial charge >= 0.3 is 0 Å². The lowest BCUT2D eigenvalue weighted by molar-refractivity contribution is 0.0639. The van der Waals surface area contributed by atoms with Crippen molar-refractivity contribution >= 4 is 0 Å². The van der Waals surface area contributed by atoms with Crippen molar-refractivity contribution in [3.63, 3.8) is 0 Å². The van der Waals surface area contributed by atoms with Gasteiger partial charge in [-0.15, -0.1) is 0 Å². The summed E-state index contributed by atoms with van der Waals surface area (Å²) in [5.41, 5.74) is 3.69. The van der Waals surface area contributed by atoms with Crippen LogP contribution in [0, 0.1) is 0 Å². The summed E-state index contributed by atoms with van der Waals surface area (Å²) in [6.07, 6.45) is 5.07. The standard InChI is InChI=1S/C18H19NO3/c1-9-11-5-7-14(21-3)17-18(11)8-12(19(9)2)10-4-6-13(20)16(22-17)15(10)18/h4-7,9,12,17,20H,8H2,1-3H3. The van der Waals surface area contributed by atoms with Crippen LogP contribution in [0.4, 0.5) is 0 Å². The Labute approximate surface area is 129 Å². The summed E-state index contributed by atoms with van der Waals surface area (Å²) >= 11 is 0. The SMILES string of the molecule is COC1=CC=C2C(C)N(C)C3CC24c2c3ccc(O)c2OC14. The molecule has 0 saturated carbocycles. The molecule has 2 bridgehead atoms. The molecule has 0 aromatic heterocycles. The molecule has 4 atom stereocenters. The molecule has 1 fully saturated rings. The molecule has 2 aliphatic carbocycles. The number of benzene rings is 1. The molecular formula is C18H19NO3. The predicted molar refractivity (Wildman–Crippen MR) is 82.0 cm³/mol. The van der Waals surface area contributed by atoms with E-state index in [2.05, 4.69) is 31.0 Å². The van der Waals surface area contributed by atoms with Crippen LogP contribution in [0.15, 0.2) is 35.6 Å². The molecule has 1 spiro atoms. The first-order valence-electron chi connectivity index (χ1n) is 7.80. The van der Waals surface area contributed by atoms with Crippen molar-refractivity contribution in [1.82, 2.24) is 4.90 Å². The maximum Gasteiger partial charge on any atom is 0.169 e. The van der Waals surface area contributed by atoms with E-state index in [4.69, 9.17) is 9.47 Å². The van der Waals surface area contributed by atoms with Gasteiger partial charge in [0.1, 0.15) is 5.76 Å². The molecule has 4 heteroatoms. The number of methoxy groups -OCH3 is 1. The number of piperidine rings is 1. The highest BCUT2D eigenvalue weighted by Gasteiger charge is 2.65. The van der Waals surface area contributed by atoms with Crippen molar-refractivity contribution in [3.8, 4) is 11.5 Å². The van der Waals surface area contributed by atoms with Gasteiger partial charge in [-0.25, -0.2) is 0 Å². The van der Waals surface area contributed by atoms with Gasteiger partial charge in [-0.2, -0.15) is 0 Å². The third kappa shape index (κ3) is 1.10. The smallest absolute Gasteiger partial charge is 0.169 e. The number of phenols is 1. The maximum atomic E-state index is 10.3. The summed E-state index contributed by atoms with van der Waals surface area (Å²) in [6, 6.07) is 4.56. The highest BCUT2D eigenvalue weighted by atomic mass is 16.5. The monoisotopic (exact) mass is 297 g/mol. The van der Waals surface area contributed by atoms with E-state index >= 15 is 0 Å². The lowest BCUT2D eigenvalue weighted by Gasteiger charge is -2.47. The third-order valence-corrected chi connectivity index (χ3v) is 6.16. The van der Waals surface area contributed by atoms with Crippen LogP contribution >= 0.6 is 0 Å². The van der Waals surface area contributed by atoms with Crippen LogP contribution in [0.2, 0.25) is 0 Å². The van der Waals surface area contributed by atoms with Gasteiger partial charge in [0.05, 0.1) is 12.5 Å². The molecule has 5 rings (SSSR count). The normalized spacial score (nSPS) is 37.3. The zero-order chi connectivity index (χ0) is 15.2. The number of likely N-dealkylation sites (N-methyl/N-ethyl adjacent to an activating group) is 1. The van der Waals surface area contributed by atoms with E-state index in [-0.39, 0.29) is 17.3 Å². The van der Waals surface area contributed by atoms with E-state index in [1.54, 1.807) is 13.2 Å². The van der Waals surface area contributed by atoms with Crippen molar-refractivity contribution in [2.24, 2.45) is 0 Å². The minimum absolute atomic E-state index is 0.152. The summed E-state index contributed by atoms with van der Waals surface area (Å²) in [5, 5.41) is 10.3. The van der Waals surface area contributed by atoms with E-state index in [0.29, 0.717) is 17.8 Å². The Kier molecular flexibility index (Phi) is 2.11. The van der Waals surface area contributed by atoms with Crippen molar-refractivity contribution in [2.45, 2.75) is 36.9 Å². The van der Waals surface area contributed by atoms with Gasteiger partial charge in [0, 0.05) is 17.6 Å². The molecule has 0 radical (unpaired) electrons. The van der Waals surface area contributed by atoms with Crippen LogP contribution in [0.5, 0.6) is 11.5 Å². The van der Waals surface area contributed by atoms with Crippen molar-refractivity contribution in [2.75, 3.05) is 14.2 Å². The Morgan fingerprint density at radius 2 is 2.18 bits per heavy atom. The summed E-state index contributed by atoms with van der Waals surface area (Å²) in [4.78, 5) is 2.44. The largest absolute Gasteiger partial charge is 0.504 e. The average Bonchev–Trinajstić information content (AvgIpc) is 3.01. The molecule has 4 nitrogen and oxygen atoms in total. The van der Waals surface area contributed by atoms with Crippen LogP contribution in [-0.4, -0.2) is 36.3 Å². The molecule has 1 aromatic carbocycles. The molecular weight excluding hydrogens is 278 g/mol. The number of likely N-dealkylation sites (tertiary alicyclic amines) is 1. The number of ether oxygens (including phenoxy) is 2. The topological polar surface area (TPSA) is 41.9 Å². The van der Waals surface area contributed by atoms with Crippen molar-refractivity contribution in [1.29, 1.82) is 0 Å². The van der Waals surface area contributed by atoms with Gasteiger partial charge in [-0.3, -0.25) is 4.90 Å². The molecule has 1 N–H and O–H groups in total. The average molecular weight is 297 g/mol. The number of rotatable bonds is 1. The minimum Gasteiger partial charge on any atom is -0.504 e. The second-order valence-corrected chi connectivity index (χ2v) is 6.80. The highest BCUT2D eigenvalue weighted by molar-refractivity contribution is 5.68. The molecule has 1 saturated heterocycles. The Hall–Kier alpha value is -1.94. The molecule has 114 valence electrons. The first-order valence-corrected chi connectivity index (χ1v) is 7.80. The molecule has 0 amide bonds. The number of nitrogens with zero attached hydrogens (tertiary/aromatic N) is 1. The summed E-state index contributed by atoms with van der Waals surface area (Å²) in [6.45, 7) is 2.26. The van der Waals surface area contributed by atoms with Crippen LogP contribution in [0.1, 0.15) is 30.5 Å². The van der Waals surface area contributed by atoms with Crippen molar-refractivity contribution in [3.05, 3.63) is 46.7 Å². The van der Waals surface area contributed by atoms with Crippen LogP contribution in [0.3, 0.4) is 0 Å². The Balaban J connectivity index is 1.88. The molecule has 4 aliphatic rings. The lowest BCUT2D eigenvalue weighted by atomic mass is 9.65. The summed E-state index contributed by atoms with van der Waals surface area (Å²) in [5.74, 6) is 1.74. The zero-order valence-electron chi connectivity index (χ0n) is 13.0.